The van der Waals surface area contributed by atoms with Crippen LogP contribution >= 0.6 is 0 Å². The number of hydrogen-bond acceptors (Lipinski definition) is 5. The summed E-state index contributed by atoms with van der Waals surface area (Å²) in [5, 5.41) is 10.6. The van der Waals surface area contributed by atoms with Crippen LogP contribution in [0.1, 0.15) is 40.7 Å². The molecule has 1 saturated heterocycles. The first-order valence-corrected chi connectivity index (χ1v) is 10.2. The third kappa shape index (κ3) is 3.35. The number of amides is 1. The number of rotatable bonds is 4. The Balaban J connectivity index is 1.48. The van der Waals surface area contributed by atoms with Crippen LogP contribution in [0.2, 0.25) is 0 Å². The lowest BCUT2D eigenvalue weighted by atomic mass is 10.0. The summed E-state index contributed by atoms with van der Waals surface area (Å²) < 4.78 is 34.1. The Morgan fingerprint density at radius 2 is 1.97 bits per heavy atom. The fraction of sp³-hybridized carbons (Fsp3) is 0.217. The van der Waals surface area contributed by atoms with Crippen molar-refractivity contribution in [3.8, 4) is 22.6 Å². The predicted octanol–water partition coefficient (Wildman–Crippen LogP) is 4.69. The van der Waals surface area contributed by atoms with Crippen molar-refractivity contribution in [1.82, 2.24) is 25.2 Å². The van der Waals surface area contributed by atoms with Gasteiger partial charge in [0, 0.05) is 23.9 Å². The second-order valence-electron chi connectivity index (χ2n) is 7.66. The van der Waals surface area contributed by atoms with Gasteiger partial charge in [-0.05, 0) is 49.6 Å². The molecule has 5 rings (SSSR count). The van der Waals surface area contributed by atoms with Crippen LogP contribution in [0.25, 0.3) is 22.6 Å². The van der Waals surface area contributed by atoms with Gasteiger partial charge in [-0.25, -0.2) is 8.78 Å². The molecule has 1 atom stereocenters. The predicted molar refractivity (Wildman–Crippen MR) is 111 cm³/mol. The summed E-state index contributed by atoms with van der Waals surface area (Å²) in [7, 11) is 0. The number of aromatic amines is 1. The molecule has 1 unspecified atom stereocenters. The topological polar surface area (TPSA) is 87.9 Å². The molecule has 1 N–H and O–H groups in total. The lowest BCUT2D eigenvalue weighted by Gasteiger charge is -2.23. The van der Waals surface area contributed by atoms with E-state index in [1.807, 2.05) is 0 Å². The molecule has 0 spiro atoms. The van der Waals surface area contributed by atoms with Gasteiger partial charge in [0.1, 0.15) is 17.7 Å². The average molecular weight is 435 g/mol. The fourth-order valence-electron chi connectivity index (χ4n) is 4.12. The van der Waals surface area contributed by atoms with E-state index in [0.29, 0.717) is 29.8 Å². The van der Waals surface area contributed by atoms with Crippen LogP contribution in [0.3, 0.4) is 0 Å². The number of benzene rings is 2. The van der Waals surface area contributed by atoms with Crippen LogP contribution in [0.4, 0.5) is 8.78 Å². The molecule has 9 heteroatoms. The first-order chi connectivity index (χ1) is 15.5. The molecule has 0 bridgehead atoms. The molecule has 1 aliphatic rings. The first-order valence-electron chi connectivity index (χ1n) is 10.2. The van der Waals surface area contributed by atoms with Crippen molar-refractivity contribution in [1.29, 1.82) is 0 Å². The number of nitrogens with one attached hydrogen (secondary N) is 1. The smallest absolute Gasteiger partial charge is 0.255 e. The second kappa shape index (κ2) is 7.99. The van der Waals surface area contributed by atoms with E-state index in [-0.39, 0.29) is 34.6 Å². The molecule has 1 fully saturated rings. The molecule has 4 aromatic rings. The maximum Gasteiger partial charge on any atom is 0.255 e. The summed E-state index contributed by atoms with van der Waals surface area (Å²) in [6.07, 6.45) is 2.87. The van der Waals surface area contributed by atoms with Gasteiger partial charge in [0.2, 0.25) is 11.7 Å². The van der Waals surface area contributed by atoms with Gasteiger partial charge in [0.15, 0.2) is 0 Å². The summed E-state index contributed by atoms with van der Waals surface area (Å²) in [5.41, 5.74) is 1.76. The van der Waals surface area contributed by atoms with Gasteiger partial charge in [0.05, 0.1) is 11.3 Å². The molecular formula is C23H19F2N5O2. The van der Waals surface area contributed by atoms with E-state index in [4.69, 9.17) is 4.52 Å². The van der Waals surface area contributed by atoms with Gasteiger partial charge in [-0.15, -0.1) is 0 Å². The minimum Gasteiger partial charge on any atom is -0.337 e. The Morgan fingerprint density at radius 3 is 2.78 bits per heavy atom. The number of carbonyl (C=O) groups excluding carboxylic acids is 1. The molecule has 1 aliphatic heterocycles. The summed E-state index contributed by atoms with van der Waals surface area (Å²) in [6, 6.07) is 10.2. The van der Waals surface area contributed by atoms with Crippen molar-refractivity contribution in [3.63, 3.8) is 0 Å². The molecule has 0 saturated carbocycles. The number of halogens is 2. The van der Waals surface area contributed by atoms with E-state index >= 15 is 0 Å². The largest absolute Gasteiger partial charge is 0.337 e. The Kier molecular flexibility index (Phi) is 5.01. The van der Waals surface area contributed by atoms with Crippen LogP contribution in [-0.4, -0.2) is 37.7 Å². The summed E-state index contributed by atoms with van der Waals surface area (Å²) in [6.45, 7) is 2.12. The Hall–Kier alpha value is -3.88. The van der Waals surface area contributed by atoms with Gasteiger partial charge in [-0.3, -0.25) is 9.89 Å². The molecule has 162 valence electrons. The molecule has 2 aromatic heterocycles. The molecule has 3 heterocycles. The quantitative estimate of drug-likeness (QED) is 0.502. The number of carbonyl (C=O) groups is 1. The number of aromatic nitrogens is 4. The summed E-state index contributed by atoms with van der Waals surface area (Å²) in [5.74, 6) is -0.672. The van der Waals surface area contributed by atoms with Crippen LogP contribution in [-0.2, 0) is 0 Å². The van der Waals surface area contributed by atoms with Crippen molar-refractivity contribution in [2.75, 3.05) is 6.54 Å². The molecule has 1 amide bonds. The number of H-pyrrole nitrogens is 1. The highest BCUT2D eigenvalue weighted by atomic mass is 19.1. The highest BCUT2D eigenvalue weighted by Gasteiger charge is 2.36. The normalized spacial score (nSPS) is 16.0. The van der Waals surface area contributed by atoms with Crippen molar-refractivity contribution >= 4 is 5.91 Å². The van der Waals surface area contributed by atoms with Crippen molar-refractivity contribution in [3.05, 3.63) is 77.3 Å². The zero-order valence-corrected chi connectivity index (χ0v) is 17.2. The van der Waals surface area contributed by atoms with Crippen LogP contribution in [0.15, 0.2) is 53.2 Å². The van der Waals surface area contributed by atoms with Gasteiger partial charge < -0.3 is 9.42 Å². The third-order valence-electron chi connectivity index (χ3n) is 5.76. The zero-order valence-electron chi connectivity index (χ0n) is 17.2. The Morgan fingerprint density at radius 1 is 1.16 bits per heavy atom. The Bertz CT molecular complexity index is 1290. The highest BCUT2D eigenvalue weighted by molar-refractivity contribution is 6.01. The van der Waals surface area contributed by atoms with Crippen LogP contribution in [0.5, 0.6) is 0 Å². The molecule has 0 radical (unpaired) electrons. The SMILES string of the molecule is Cc1c(F)cccc1-c1noc(C2CCCN2C(=O)c2cccc(F)c2-c2ccn[nH]2)n1. The lowest BCUT2D eigenvalue weighted by molar-refractivity contribution is 0.0710. The first kappa shape index (κ1) is 20.0. The number of nitrogens with zero attached hydrogens (tertiary/aromatic N) is 4. The van der Waals surface area contributed by atoms with E-state index in [1.165, 1.54) is 24.4 Å². The molecule has 2 aromatic carbocycles. The van der Waals surface area contributed by atoms with Crippen LogP contribution in [0, 0.1) is 18.6 Å². The standard InChI is InChI=1S/C23H19F2N5O2/c1-13-14(5-2-7-16(13)24)21-27-22(32-29-21)19-9-4-12-30(19)23(31)15-6-3-8-17(25)20(15)18-10-11-26-28-18/h2-3,5-8,10-11,19H,4,9,12H2,1H3,(H,26,28). The van der Waals surface area contributed by atoms with E-state index in [9.17, 15) is 13.6 Å². The number of hydrogen-bond donors (Lipinski definition) is 1. The minimum atomic E-state index is -0.516. The van der Waals surface area contributed by atoms with Crippen molar-refractivity contribution in [2.24, 2.45) is 0 Å². The zero-order chi connectivity index (χ0) is 22.2. The van der Waals surface area contributed by atoms with Crippen molar-refractivity contribution in [2.45, 2.75) is 25.8 Å². The summed E-state index contributed by atoms with van der Waals surface area (Å²) >= 11 is 0. The van der Waals surface area contributed by atoms with E-state index in [1.54, 1.807) is 36.1 Å². The Labute approximate surface area is 182 Å². The van der Waals surface area contributed by atoms with E-state index in [2.05, 4.69) is 20.3 Å². The lowest BCUT2D eigenvalue weighted by Crippen LogP contribution is -2.31. The van der Waals surface area contributed by atoms with Gasteiger partial charge >= 0.3 is 0 Å². The molecule has 32 heavy (non-hydrogen) atoms. The summed E-state index contributed by atoms with van der Waals surface area (Å²) in [4.78, 5) is 19.5. The maximum absolute atomic E-state index is 14.7. The highest BCUT2D eigenvalue weighted by Crippen LogP contribution is 2.35. The molecule has 7 nitrogen and oxygen atoms in total. The molecular weight excluding hydrogens is 416 g/mol. The van der Waals surface area contributed by atoms with Gasteiger partial charge in [-0.1, -0.05) is 23.4 Å². The third-order valence-corrected chi connectivity index (χ3v) is 5.76. The van der Waals surface area contributed by atoms with E-state index < -0.39 is 11.9 Å². The average Bonchev–Trinajstić information content (AvgIpc) is 3.56. The molecule has 0 aliphatic carbocycles. The van der Waals surface area contributed by atoms with Crippen molar-refractivity contribution < 1.29 is 18.1 Å². The van der Waals surface area contributed by atoms with E-state index in [0.717, 1.165) is 6.42 Å². The van der Waals surface area contributed by atoms with Crippen LogP contribution < -0.4 is 0 Å². The van der Waals surface area contributed by atoms with Gasteiger partial charge in [0.25, 0.3) is 5.91 Å². The maximum atomic E-state index is 14.7. The number of likely N-dealkylation sites (tertiary alicyclic amines) is 1. The minimum absolute atomic E-state index is 0.169. The monoisotopic (exact) mass is 435 g/mol. The fourth-order valence-corrected chi connectivity index (χ4v) is 4.12. The van der Waals surface area contributed by atoms with Gasteiger partial charge in [-0.2, -0.15) is 10.1 Å². The second-order valence-corrected chi connectivity index (χ2v) is 7.66.